The summed E-state index contributed by atoms with van der Waals surface area (Å²) >= 11 is 0. The first-order valence-corrected chi connectivity index (χ1v) is 8.38. The number of nitrogens with two attached hydrogens (primary N) is 1. The van der Waals surface area contributed by atoms with Gasteiger partial charge in [-0.25, -0.2) is 0 Å². The number of rotatable bonds is 4. The van der Waals surface area contributed by atoms with Crippen LogP contribution in [0.5, 0.6) is 0 Å². The third-order valence-corrected chi connectivity index (χ3v) is 4.92. The number of hydrogen-bond donors (Lipinski definition) is 1. The molecular weight excluding hydrogens is 242 g/mol. The third-order valence-electron chi connectivity index (χ3n) is 4.92. The van der Waals surface area contributed by atoms with Crippen LogP contribution in [0.25, 0.3) is 0 Å². The zero-order valence-electron chi connectivity index (χ0n) is 13.5. The van der Waals surface area contributed by atoms with Crippen LogP contribution in [0.1, 0.15) is 67.2 Å². The summed E-state index contributed by atoms with van der Waals surface area (Å²) in [4.78, 5) is 0. The second-order valence-electron chi connectivity index (χ2n) is 6.93. The van der Waals surface area contributed by atoms with E-state index in [9.17, 15) is 0 Å². The van der Waals surface area contributed by atoms with Gasteiger partial charge < -0.3 is 5.73 Å². The molecular formula is C19H31N. The molecule has 2 N–H and O–H groups in total. The van der Waals surface area contributed by atoms with E-state index in [4.69, 9.17) is 5.73 Å². The normalized spacial score (nSPS) is 18.8. The molecule has 1 unspecified atom stereocenters. The summed E-state index contributed by atoms with van der Waals surface area (Å²) in [6.45, 7) is 6.64. The second kappa shape index (κ2) is 7.26. The Morgan fingerprint density at radius 2 is 1.55 bits per heavy atom. The zero-order valence-corrected chi connectivity index (χ0v) is 13.5. The molecule has 0 saturated heterocycles. The molecule has 0 aromatic heterocycles. The molecule has 20 heavy (non-hydrogen) atoms. The molecule has 1 aromatic rings. The predicted octanol–water partition coefficient (Wildman–Crippen LogP) is 4.84. The summed E-state index contributed by atoms with van der Waals surface area (Å²) in [6.07, 6.45) is 10.8. The SMILES string of the molecule is Cc1cc(C)c(CC(N)CC2CCCCCC2)c(C)c1. The van der Waals surface area contributed by atoms with Crippen molar-refractivity contribution in [1.29, 1.82) is 0 Å². The van der Waals surface area contributed by atoms with Gasteiger partial charge in [-0.05, 0) is 56.2 Å². The lowest BCUT2D eigenvalue weighted by Crippen LogP contribution is -2.27. The summed E-state index contributed by atoms with van der Waals surface area (Å²) < 4.78 is 0. The highest BCUT2D eigenvalue weighted by Crippen LogP contribution is 2.27. The molecule has 0 heterocycles. The average molecular weight is 273 g/mol. The van der Waals surface area contributed by atoms with E-state index in [1.807, 2.05) is 0 Å². The Kier molecular flexibility index (Phi) is 5.65. The van der Waals surface area contributed by atoms with Gasteiger partial charge in [-0.15, -0.1) is 0 Å². The molecule has 112 valence electrons. The quantitative estimate of drug-likeness (QED) is 0.780. The molecule has 1 nitrogen and oxygen atoms in total. The standard InChI is InChI=1S/C19H31N/c1-14-10-15(2)19(16(3)11-14)13-18(20)12-17-8-6-4-5-7-9-17/h10-11,17-18H,4-9,12-13,20H2,1-3H3. The minimum absolute atomic E-state index is 0.332. The lowest BCUT2D eigenvalue weighted by Gasteiger charge is -2.21. The Labute approximate surface area is 125 Å². The Morgan fingerprint density at radius 1 is 1.00 bits per heavy atom. The van der Waals surface area contributed by atoms with Crippen molar-refractivity contribution in [1.82, 2.24) is 0 Å². The largest absolute Gasteiger partial charge is 0.327 e. The van der Waals surface area contributed by atoms with E-state index in [1.165, 1.54) is 67.2 Å². The van der Waals surface area contributed by atoms with Gasteiger partial charge in [0.1, 0.15) is 0 Å². The Hall–Kier alpha value is -0.820. The van der Waals surface area contributed by atoms with Crippen LogP contribution < -0.4 is 5.73 Å². The van der Waals surface area contributed by atoms with Crippen molar-refractivity contribution >= 4 is 0 Å². The van der Waals surface area contributed by atoms with Gasteiger partial charge in [-0.2, -0.15) is 0 Å². The topological polar surface area (TPSA) is 26.0 Å². The van der Waals surface area contributed by atoms with Crippen LogP contribution in [0.15, 0.2) is 12.1 Å². The van der Waals surface area contributed by atoms with Crippen LogP contribution in [-0.2, 0) is 6.42 Å². The van der Waals surface area contributed by atoms with Crippen molar-refractivity contribution in [3.63, 3.8) is 0 Å². The van der Waals surface area contributed by atoms with Crippen molar-refractivity contribution < 1.29 is 0 Å². The maximum atomic E-state index is 6.46. The molecule has 1 atom stereocenters. The van der Waals surface area contributed by atoms with Crippen LogP contribution in [-0.4, -0.2) is 6.04 Å². The Bertz CT molecular complexity index is 404. The Morgan fingerprint density at radius 3 is 2.10 bits per heavy atom. The lowest BCUT2D eigenvalue weighted by molar-refractivity contribution is 0.386. The molecule has 1 fully saturated rings. The molecule has 0 bridgehead atoms. The van der Waals surface area contributed by atoms with Crippen LogP contribution in [0.2, 0.25) is 0 Å². The van der Waals surface area contributed by atoms with Gasteiger partial charge in [0, 0.05) is 6.04 Å². The summed E-state index contributed by atoms with van der Waals surface area (Å²) in [6, 6.07) is 4.92. The van der Waals surface area contributed by atoms with E-state index in [-0.39, 0.29) is 0 Å². The van der Waals surface area contributed by atoms with Crippen LogP contribution in [0.3, 0.4) is 0 Å². The van der Waals surface area contributed by atoms with E-state index in [0.29, 0.717) is 6.04 Å². The van der Waals surface area contributed by atoms with Crippen molar-refractivity contribution in [2.45, 2.75) is 78.2 Å². The first-order chi connectivity index (χ1) is 9.56. The summed E-state index contributed by atoms with van der Waals surface area (Å²) in [5, 5.41) is 0. The molecule has 0 radical (unpaired) electrons. The molecule has 2 rings (SSSR count). The predicted molar refractivity (Wildman–Crippen MR) is 88.1 cm³/mol. The van der Waals surface area contributed by atoms with E-state index in [1.54, 1.807) is 0 Å². The Balaban J connectivity index is 1.95. The minimum atomic E-state index is 0.332. The van der Waals surface area contributed by atoms with Gasteiger partial charge in [0.05, 0.1) is 0 Å². The first kappa shape index (κ1) is 15.6. The summed E-state index contributed by atoms with van der Waals surface area (Å²) in [5.41, 5.74) is 12.1. The highest BCUT2D eigenvalue weighted by atomic mass is 14.6. The van der Waals surface area contributed by atoms with E-state index < -0.39 is 0 Å². The van der Waals surface area contributed by atoms with Gasteiger partial charge in [0.2, 0.25) is 0 Å². The maximum Gasteiger partial charge on any atom is 0.00821 e. The molecule has 1 aliphatic rings. The maximum absolute atomic E-state index is 6.46. The van der Waals surface area contributed by atoms with E-state index in [2.05, 4.69) is 32.9 Å². The summed E-state index contributed by atoms with van der Waals surface area (Å²) in [7, 11) is 0. The molecule has 0 aliphatic heterocycles. The minimum Gasteiger partial charge on any atom is -0.327 e. The zero-order chi connectivity index (χ0) is 14.5. The van der Waals surface area contributed by atoms with Gasteiger partial charge in [0.15, 0.2) is 0 Å². The van der Waals surface area contributed by atoms with Gasteiger partial charge in [0.25, 0.3) is 0 Å². The molecule has 1 aliphatic carbocycles. The highest BCUT2D eigenvalue weighted by molar-refractivity contribution is 5.37. The lowest BCUT2D eigenvalue weighted by atomic mass is 9.88. The average Bonchev–Trinajstić information content (AvgIpc) is 2.62. The van der Waals surface area contributed by atoms with Crippen molar-refractivity contribution in [3.8, 4) is 0 Å². The molecule has 0 spiro atoms. The van der Waals surface area contributed by atoms with Crippen molar-refractivity contribution in [2.75, 3.05) is 0 Å². The fraction of sp³-hybridized carbons (Fsp3) is 0.684. The second-order valence-corrected chi connectivity index (χ2v) is 6.93. The van der Waals surface area contributed by atoms with Gasteiger partial charge in [-0.1, -0.05) is 56.2 Å². The van der Waals surface area contributed by atoms with Crippen molar-refractivity contribution in [2.24, 2.45) is 11.7 Å². The van der Waals surface area contributed by atoms with E-state index in [0.717, 1.165) is 12.3 Å². The summed E-state index contributed by atoms with van der Waals surface area (Å²) in [5.74, 6) is 0.874. The van der Waals surface area contributed by atoms with Crippen LogP contribution >= 0.6 is 0 Å². The third kappa shape index (κ3) is 4.34. The van der Waals surface area contributed by atoms with Crippen LogP contribution in [0, 0.1) is 26.7 Å². The molecule has 1 heteroatoms. The molecule has 1 saturated carbocycles. The number of benzene rings is 1. The highest BCUT2D eigenvalue weighted by Gasteiger charge is 2.17. The smallest absolute Gasteiger partial charge is 0.00821 e. The van der Waals surface area contributed by atoms with Gasteiger partial charge in [-0.3, -0.25) is 0 Å². The number of hydrogen-bond acceptors (Lipinski definition) is 1. The van der Waals surface area contributed by atoms with Gasteiger partial charge >= 0.3 is 0 Å². The van der Waals surface area contributed by atoms with Crippen LogP contribution in [0.4, 0.5) is 0 Å². The molecule has 0 amide bonds. The molecule has 1 aromatic carbocycles. The number of aryl methyl sites for hydroxylation is 3. The first-order valence-electron chi connectivity index (χ1n) is 8.38. The fourth-order valence-electron chi connectivity index (χ4n) is 3.91. The monoisotopic (exact) mass is 273 g/mol. The van der Waals surface area contributed by atoms with Crippen molar-refractivity contribution in [3.05, 3.63) is 34.4 Å². The van der Waals surface area contributed by atoms with E-state index >= 15 is 0 Å². The fourth-order valence-corrected chi connectivity index (χ4v) is 3.91.